The second-order valence-electron chi connectivity index (χ2n) is 4.81. The lowest BCUT2D eigenvalue weighted by molar-refractivity contribution is 0.0785. The first-order valence-corrected chi connectivity index (χ1v) is 7.83. The summed E-state index contributed by atoms with van der Waals surface area (Å²) in [7, 11) is 1.78. The molecule has 0 aliphatic heterocycles. The van der Waals surface area contributed by atoms with Gasteiger partial charge in [0.25, 0.3) is 5.91 Å². The zero-order valence-corrected chi connectivity index (χ0v) is 14.3. The minimum atomic E-state index is -0.0584. The van der Waals surface area contributed by atoms with Crippen molar-refractivity contribution in [3.63, 3.8) is 0 Å². The van der Waals surface area contributed by atoms with Crippen molar-refractivity contribution in [2.75, 3.05) is 7.05 Å². The standard InChI is InChI=1S/C16H16BrClN2O/c1-3-14-8-12(9-15(18)19-14)16(21)20(2)10-11-4-6-13(17)7-5-11/h4-9H,3,10H2,1-2H3. The largest absolute Gasteiger partial charge is 0.337 e. The number of pyridine rings is 1. The van der Waals surface area contributed by atoms with Crippen LogP contribution in [-0.4, -0.2) is 22.8 Å². The van der Waals surface area contributed by atoms with E-state index in [4.69, 9.17) is 11.6 Å². The molecule has 0 fully saturated rings. The van der Waals surface area contributed by atoms with Crippen LogP contribution in [0.15, 0.2) is 40.9 Å². The number of benzene rings is 1. The topological polar surface area (TPSA) is 33.2 Å². The molecule has 0 spiro atoms. The Hall–Kier alpha value is -1.39. The molecular weight excluding hydrogens is 352 g/mol. The van der Waals surface area contributed by atoms with Crippen molar-refractivity contribution in [2.45, 2.75) is 19.9 Å². The third-order valence-electron chi connectivity index (χ3n) is 3.14. The van der Waals surface area contributed by atoms with E-state index in [2.05, 4.69) is 20.9 Å². The Morgan fingerprint density at radius 3 is 2.57 bits per heavy atom. The summed E-state index contributed by atoms with van der Waals surface area (Å²) in [6.45, 7) is 2.53. The maximum Gasteiger partial charge on any atom is 0.254 e. The second-order valence-corrected chi connectivity index (χ2v) is 6.11. The van der Waals surface area contributed by atoms with Crippen LogP contribution in [0.1, 0.15) is 28.5 Å². The van der Waals surface area contributed by atoms with Gasteiger partial charge in [0, 0.05) is 29.3 Å². The number of halogens is 2. The highest BCUT2D eigenvalue weighted by Gasteiger charge is 2.14. The number of nitrogens with zero attached hydrogens (tertiary/aromatic N) is 2. The fourth-order valence-corrected chi connectivity index (χ4v) is 2.50. The van der Waals surface area contributed by atoms with Gasteiger partial charge in [0.2, 0.25) is 0 Å². The molecule has 0 aliphatic rings. The van der Waals surface area contributed by atoms with Crippen LogP contribution in [0.25, 0.3) is 0 Å². The van der Waals surface area contributed by atoms with Crippen LogP contribution in [0, 0.1) is 0 Å². The molecule has 1 heterocycles. The van der Waals surface area contributed by atoms with Gasteiger partial charge in [-0.2, -0.15) is 0 Å². The average Bonchev–Trinajstić information content (AvgIpc) is 2.48. The van der Waals surface area contributed by atoms with E-state index in [9.17, 15) is 4.79 Å². The van der Waals surface area contributed by atoms with Gasteiger partial charge in [0.05, 0.1) is 0 Å². The number of aryl methyl sites for hydroxylation is 1. The summed E-state index contributed by atoms with van der Waals surface area (Å²) in [5.41, 5.74) is 2.47. The first-order chi connectivity index (χ1) is 9.99. The minimum Gasteiger partial charge on any atom is -0.337 e. The van der Waals surface area contributed by atoms with Crippen molar-refractivity contribution < 1.29 is 4.79 Å². The van der Waals surface area contributed by atoms with E-state index in [0.29, 0.717) is 17.3 Å². The van der Waals surface area contributed by atoms with Gasteiger partial charge in [-0.1, -0.05) is 46.6 Å². The summed E-state index contributed by atoms with van der Waals surface area (Å²) in [5, 5.41) is 0.356. The number of amides is 1. The fourth-order valence-electron chi connectivity index (χ4n) is 2.01. The van der Waals surface area contributed by atoms with Gasteiger partial charge in [-0.15, -0.1) is 0 Å². The minimum absolute atomic E-state index is 0.0584. The Bertz CT molecular complexity index is 643. The zero-order chi connectivity index (χ0) is 15.4. The van der Waals surface area contributed by atoms with Crippen LogP contribution in [-0.2, 0) is 13.0 Å². The third-order valence-corrected chi connectivity index (χ3v) is 3.86. The molecular formula is C16H16BrClN2O. The summed E-state index contributed by atoms with van der Waals surface area (Å²) in [4.78, 5) is 18.3. The summed E-state index contributed by atoms with van der Waals surface area (Å²) in [6.07, 6.45) is 0.747. The van der Waals surface area contributed by atoms with E-state index >= 15 is 0 Å². The number of hydrogen-bond acceptors (Lipinski definition) is 2. The fraction of sp³-hybridized carbons (Fsp3) is 0.250. The summed E-state index contributed by atoms with van der Waals surface area (Å²) in [6, 6.07) is 11.3. The molecule has 5 heteroatoms. The van der Waals surface area contributed by atoms with E-state index in [1.54, 1.807) is 24.1 Å². The Morgan fingerprint density at radius 2 is 1.95 bits per heavy atom. The van der Waals surface area contributed by atoms with Gasteiger partial charge in [-0.3, -0.25) is 4.79 Å². The number of aromatic nitrogens is 1. The van der Waals surface area contributed by atoms with Crippen molar-refractivity contribution in [3.8, 4) is 0 Å². The van der Waals surface area contributed by atoms with Crippen LogP contribution in [0.4, 0.5) is 0 Å². The van der Waals surface area contributed by atoms with Crippen molar-refractivity contribution in [1.29, 1.82) is 0 Å². The van der Waals surface area contributed by atoms with E-state index in [-0.39, 0.29) is 5.91 Å². The Balaban J connectivity index is 2.15. The molecule has 0 N–H and O–H groups in total. The van der Waals surface area contributed by atoms with Gasteiger partial charge in [-0.05, 0) is 36.2 Å². The third kappa shape index (κ3) is 4.29. The van der Waals surface area contributed by atoms with E-state index < -0.39 is 0 Å². The molecule has 0 bridgehead atoms. The summed E-state index contributed by atoms with van der Waals surface area (Å²) >= 11 is 9.37. The molecule has 110 valence electrons. The van der Waals surface area contributed by atoms with Gasteiger partial charge in [0.15, 0.2) is 0 Å². The number of rotatable bonds is 4. The quantitative estimate of drug-likeness (QED) is 0.754. The Kier molecular flexibility index (Phi) is 5.37. The highest BCUT2D eigenvalue weighted by atomic mass is 79.9. The van der Waals surface area contributed by atoms with E-state index in [1.807, 2.05) is 31.2 Å². The molecule has 1 aromatic heterocycles. The van der Waals surface area contributed by atoms with Gasteiger partial charge < -0.3 is 4.90 Å². The Morgan fingerprint density at radius 1 is 1.29 bits per heavy atom. The zero-order valence-electron chi connectivity index (χ0n) is 11.9. The van der Waals surface area contributed by atoms with Gasteiger partial charge in [0.1, 0.15) is 5.15 Å². The predicted octanol–water partition coefficient (Wildman–Crippen LogP) is 4.33. The molecule has 0 aliphatic carbocycles. The lowest BCUT2D eigenvalue weighted by atomic mass is 10.1. The molecule has 0 saturated heterocycles. The monoisotopic (exact) mass is 366 g/mol. The second kappa shape index (κ2) is 7.05. The molecule has 0 radical (unpaired) electrons. The smallest absolute Gasteiger partial charge is 0.254 e. The number of hydrogen-bond donors (Lipinski definition) is 0. The first-order valence-electron chi connectivity index (χ1n) is 6.66. The lowest BCUT2D eigenvalue weighted by Gasteiger charge is -2.18. The SMILES string of the molecule is CCc1cc(C(=O)N(C)Cc2ccc(Br)cc2)cc(Cl)n1. The maximum absolute atomic E-state index is 12.5. The van der Waals surface area contributed by atoms with Crippen LogP contribution < -0.4 is 0 Å². The molecule has 0 atom stereocenters. The molecule has 1 aromatic carbocycles. The normalized spacial score (nSPS) is 10.5. The lowest BCUT2D eigenvalue weighted by Crippen LogP contribution is -2.26. The van der Waals surface area contributed by atoms with Crippen LogP contribution in [0.3, 0.4) is 0 Å². The maximum atomic E-state index is 12.5. The molecule has 2 rings (SSSR count). The van der Waals surface area contributed by atoms with Crippen molar-refractivity contribution in [3.05, 3.63) is 62.8 Å². The summed E-state index contributed by atoms with van der Waals surface area (Å²) < 4.78 is 1.02. The molecule has 1 amide bonds. The van der Waals surface area contributed by atoms with Gasteiger partial charge in [-0.25, -0.2) is 4.98 Å². The van der Waals surface area contributed by atoms with Crippen molar-refractivity contribution in [1.82, 2.24) is 9.88 Å². The van der Waals surface area contributed by atoms with Gasteiger partial charge >= 0.3 is 0 Å². The Labute approximate surface area is 138 Å². The molecule has 21 heavy (non-hydrogen) atoms. The molecule has 0 saturated carbocycles. The van der Waals surface area contributed by atoms with Crippen LogP contribution >= 0.6 is 27.5 Å². The molecule has 3 nitrogen and oxygen atoms in total. The summed E-state index contributed by atoms with van der Waals surface area (Å²) in [5.74, 6) is -0.0584. The van der Waals surface area contributed by atoms with Crippen molar-refractivity contribution >= 4 is 33.4 Å². The van der Waals surface area contributed by atoms with E-state index in [0.717, 1.165) is 22.2 Å². The van der Waals surface area contributed by atoms with Crippen molar-refractivity contribution in [2.24, 2.45) is 0 Å². The van der Waals surface area contributed by atoms with Crippen LogP contribution in [0.2, 0.25) is 5.15 Å². The predicted molar refractivity (Wildman–Crippen MR) is 88.6 cm³/mol. The highest BCUT2D eigenvalue weighted by molar-refractivity contribution is 9.10. The average molecular weight is 368 g/mol. The first kappa shape index (κ1) is 16.0. The number of carbonyl (C=O) groups excluding carboxylic acids is 1. The van der Waals surface area contributed by atoms with E-state index in [1.165, 1.54) is 0 Å². The number of carbonyl (C=O) groups is 1. The molecule has 2 aromatic rings. The molecule has 0 unspecified atom stereocenters. The highest BCUT2D eigenvalue weighted by Crippen LogP contribution is 2.16. The van der Waals surface area contributed by atoms with Crippen LogP contribution in [0.5, 0.6) is 0 Å².